The van der Waals surface area contributed by atoms with Crippen molar-refractivity contribution < 1.29 is 0 Å². The molecule has 0 heterocycles. The minimum absolute atomic E-state index is 0.120. The van der Waals surface area contributed by atoms with Gasteiger partial charge in [-0.3, -0.25) is 0 Å². The van der Waals surface area contributed by atoms with E-state index in [1.54, 1.807) is 5.57 Å². The second-order valence-corrected chi connectivity index (χ2v) is 9.36. The maximum absolute atomic E-state index is 4.58. The maximum Gasteiger partial charge on any atom is 0.000431 e. The van der Waals surface area contributed by atoms with Crippen molar-refractivity contribution in [1.82, 2.24) is 0 Å². The second kappa shape index (κ2) is 8.74. The number of rotatable bonds is 6. The lowest BCUT2D eigenvalue weighted by atomic mass is 9.59. The molecule has 1 aliphatic carbocycles. The second-order valence-electron chi connectivity index (χ2n) is 9.36. The standard InChI is InChI=1S/C29H38/c1-8-21(5)29(7,26-17-16-23(9-2)28(18-26)20(3)4)19-25-15-14-24-12-10-11-13-27(24)22(25)6/h9-15,26,28H,3,5,8,16-19H2,1-2,4,6-7H3/b23-9-. The third-order valence-electron chi connectivity index (χ3n) is 7.72. The summed E-state index contributed by atoms with van der Waals surface area (Å²) >= 11 is 0. The molecule has 29 heavy (non-hydrogen) atoms. The van der Waals surface area contributed by atoms with Gasteiger partial charge in [-0.05, 0) is 86.1 Å². The van der Waals surface area contributed by atoms with Gasteiger partial charge in [-0.15, -0.1) is 0 Å². The highest BCUT2D eigenvalue weighted by atomic mass is 14.4. The van der Waals surface area contributed by atoms with Gasteiger partial charge in [0.15, 0.2) is 0 Å². The van der Waals surface area contributed by atoms with Gasteiger partial charge in [0.1, 0.15) is 0 Å². The summed E-state index contributed by atoms with van der Waals surface area (Å²) < 4.78 is 0. The van der Waals surface area contributed by atoms with Gasteiger partial charge >= 0.3 is 0 Å². The summed E-state index contributed by atoms with van der Waals surface area (Å²) in [5.74, 6) is 1.17. The number of hydrogen-bond donors (Lipinski definition) is 0. The first-order valence-electron chi connectivity index (χ1n) is 11.3. The minimum atomic E-state index is 0.120. The van der Waals surface area contributed by atoms with E-state index in [1.807, 2.05) is 0 Å². The van der Waals surface area contributed by atoms with E-state index < -0.39 is 0 Å². The van der Waals surface area contributed by atoms with Crippen LogP contribution in [0, 0.1) is 24.2 Å². The summed E-state index contributed by atoms with van der Waals surface area (Å²) in [5.41, 5.74) is 7.33. The van der Waals surface area contributed by atoms with Crippen molar-refractivity contribution in [3.8, 4) is 0 Å². The first kappa shape index (κ1) is 21.6. The third-order valence-corrected chi connectivity index (χ3v) is 7.72. The van der Waals surface area contributed by atoms with E-state index in [-0.39, 0.29) is 5.41 Å². The Bertz CT molecular complexity index is 942. The fraction of sp³-hybridized carbons (Fsp3) is 0.448. The summed E-state index contributed by atoms with van der Waals surface area (Å²) in [6, 6.07) is 13.4. The molecule has 3 rings (SSSR count). The van der Waals surface area contributed by atoms with Gasteiger partial charge in [-0.1, -0.05) is 86.2 Å². The van der Waals surface area contributed by atoms with Crippen LogP contribution in [0.15, 0.2) is 72.4 Å². The van der Waals surface area contributed by atoms with Gasteiger partial charge in [0, 0.05) is 5.92 Å². The van der Waals surface area contributed by atoms with Gasteiger partial charge in [-0.25, -0.2) is 0 Å². The predicted molar refractivity (Wildman–Crippen MR) is 129 cm³/mol. The van der Waals surface area contributed by atoms with Crippen LogP contribution in [0.5, 0.6) is 0 Å². The van der Waals surface area contributed by atoms with Crippen LogP contribution in [0.4, 0.5) is 0 Å². The Hall–Kier alpha value is -2.08. The van der Waals surface area contributed by atoms with E-state index in [9.17, 15) is 0 Å². The van der Waals surface area contributed by atoms with E-state index in [0.717, 1.165) is 12.8 Å². The fourth-order valence-corrected chi connectivity index (χ4v) is 5.53. The molecule has 0 aliphatic heterocycles. The molecule has 0 saturated heterocycles. The van der Waals surface area contributed by atoms with Crippen molar-refractivity contribution >= 4 is 10.8 Å². The van der Waals surface area contributed by atoms with Gasteiger partial charge in [0.25, 0.3) is 0 Å². The minimum Gasteiger partial charge on any atom is -0.0995 e. The van der Waals surface area contributed by atoms with Crippen LogP contribution in [0.2, 0.25) is 0 Å². The highest BCUT2D eigenvalue weighted by molar-refractivity contribution is 5.86. The quantitative estimate of drug-likeness (QED) is 0.436. The summed E-state index contributed by atoms with van der Waals surface area (Å²) in [4.78, 5) is 0. The zero-order valence-corrected chi connectivity index (χ0v) is 19.1. The van der Waals surface area contributed by atoms with Gasteiger partial charge in [0.05, 0.1) is 0 Å². The molecule has 0 heteroatoms. The molecule has 0 spiro atoms. The maximum atomic E-state index is 4.58. The molecule has 1 aliphatic rings. The Morgan fingerprint density at radius 3 is 2.55 bits per heavy atom. The number of aryl methyl sites for hydroxylation is 1. The summed E-state index contributed by atoms with van der Waals surface area (Å²) in [5, 5.41) is 2.72. The topological polar surface area (TPSA) is 0 Å². The van der Waals surface area contributed by atoms with Crippen molar-refractivity contribution in [2.24, 2.45) is 17.3 Å². The Labute approximate surface area is 178 Å². The molecule has 0 radical (unpaired) electrons. The van der Waals surface area contributed by atoms with E-state index in [1.165, 1.54) is 52.3 Å². The molecule has 2 aromatic carbocycles. The molecule has 1 fully saturated rings. The largest absolute Gasteiger partial charge is 0.0995 e. The van der Waals surface area contributed by atoms with Crippen LogP contribution in [-0.2, 0) is 6.42 Å². The molecule has 3 unspecified atom stereocenters. The monoisotopic (exact) mass is 386 g/mol. The first-order valence-corrected chi connectivity index (χ1v) is 11.3. The zero-order valence-electron chi connectivity index (χ0n) is 19.1. The molecule has 3 atom stereocenters. The zero-order chi connectivity index (χ0) is 21.2. The Kier molecular flexibility index (Phi) is 6.52. The molecular formula is C29H38. The lowest BCUT2D eigenvalue weighted by molar-refractivity contribution is 0.171. The number of benzene rings is 2. The fourth-order valence-electron chi connectivity index (χ4n) is 5.53. The van der Waals surface area contributed by atoms with Crippen LogP contribution in [0.1, 0.15) is 64.5 Å². The molecule has 0 N–H and O–H groups in total. The van der Waals surface area contributed by atoms with Crippen LogP contribution < -0.4 is 0 Å². The summed E-state index contributed by atoms with van der Waals surface area (Å²) in [7, 11) is 0. The lowest BCUT2D eigenvalue weighted by Gasteiger charge is -2.45. The van der Waals surface area contributed by atoms with Crippen molar-refractivity contribution in [2.45, 2.75) is 66.7 Å². The smallest absolute Gasteiger partial charge is 0.000431 e. The van der Waals surface area contributed by atoms with E-state index in [2.05, 4.69) is 90.3 Å². The number of allylic oxidation sites excluding steroid dienone is 4. The first-order chi connectivity index (χ1) is 13.8. The van der Waals surface area contributed by atoms with Crippen molar-refractivity contribution in [3.05, 3.63) is 83.5 Å². The highest BCUT2D eigenvalue weighted by Gasteiger charge is 2.40. The van der Waals surface area contributed by atoms with Gasteiger partial charge in [0.2, 0.25) is 0 Å². The van der Waals surface area contributed by atoms with Crippen molar-refractivity contribution in [2.75, 3.05) is 0 Å². The molecule has 1 saturated carbocycles. The third kappa shape index (κ3) is 4.13. The van der Waals surface area contributed by atoms with Crippen LogP contribution in [0.25, 0.3) is 10.8 Å². The van der Waals surface area contributed by atoms with Crippen LogP contribution in [-0.4, -0.2) is 0 Å². The van der Waals surface area contributed by atoms with Crippen LogP contribution >= 0.6 is 0 Å². The van der Waals surface area contributed by atoms with E-state index in [4.69, 9.17) is 0 Å². The van der Waals surface area contributed by atoms with E-state index >= 15 is 0 Å². The summed E-state index contributed by atoms with van der Waals surface area (Å²) in [6.45, 7) is 20.3. The van der Waals surface area contributed by atoms with Gasteiger partial charge < -0.3 is 0 Å². The van der Waals surface area contributed by atoms with E-state index in [0.29, 0.717) is 11.8 Å². The molecule has 154 valence electrons. The van der Waals surface area contributed by atoms with Crippen LogP contribution in [0.3, 0.4) is 0 Å². The number of fused-ring (bicyclic) bond motifs is 1. The van der Waals surface area contributed by atoms with Gasteiger partial charge in [-0.2, -0.15) is 0 Å². The molecule has 2 aromatic rings. The van der Waals surface area contributed by atoms with Crippen molar-refractivity contribution in [3.63, 3.8) is 0 Å². The normalized spacial score (nSPS) is 23.1. The Morgan fingerprint density at radius 2 is 1.90 bits per heavy atom. The molecule has 0 bridgehead atoms. The van der Waals surface area contributed by atoms with Crippen molar-refractivity contribution in [1.29, 1.82) is 0 Å². The SMILES string of the molecule is C=C(C)C1CC(C(C)(Cc2ccc3ccccc3c2C)C(=C)CC)CC/C1=C/C. The molecule has 0 aromatic heterocycles. The summed E-state index contributed by atoms with van der Waals surface area (Å²) in [6.07, 6.45) is 8.11. The Balaban J connectivity index is 1.99. The average molecular weight is 387 g/mol. The Morgan fingerprint density at radius 1 is 1.17 bits per heavy atom. The molecule has 0 nitrogen and oxygen atoms in total. The lowest BCUT2D eigenvalue weighted by Crippen LogP contribution is -2.36. The molecular weight excluding hydrogens is 348 g/mol. The molecule has 0 amide bonds. The predicted octanol–water partition coefficient (Wildman–Crippen LogP) is 8.60. The average Bonchev–Trinajstić information content (AvgIpc) is 2.74. The number of hydrogen-bond acceptors (Lipinski definition) is 0. The highest BCUT2D eigenvalue weighted by Crippen LogP contribution is 2.50.